The van der Waals surface area contributed by atoms with Crippen LogP contribution in [0.4, 0.5) is 18.9 Å². The van der Waals surface area contributed by atoms with Crippen molar-refractivity contribution in [3.05, 3.63) is 33.9 Å². The molecule has 25 heavy (non-hydrogen) atoms. The number of rotatable bonds is 3. The van der Waals surface area contributed by atoms with Crippen molar-refractivity contribution in [3.63, 3.8) is 0 Å². The van der Waals surface area contributed by atoms with Crippen LogP contribution in [0.15, 0.2) is 23.1 Å². The Kier molecular flexibility index (Phi) is 5.69. The highest BCUT2D eigenvalue weighted by Crippen LogP contribution is 2.34. The molecule has 0 spiro atoms. The van der Waals surface area contributed by atoms with E-state index < -0.39 is 37.3 Å². The Morgan fingerprint density at radius 1 is 1.08 bits per heavy atom. The summed E-state index contributed by atoms with van der Waals surface area (Å²) in [5.74, 6) is 0. The molecule has 2 rings (SSSR count). The normalized spacial score (nSPS) is 18.6. The molecular formula is C14H18F3N3O4S. The molecule has 1 aliphatic rings. The van der Waals surface area contributed by atoms with E-state index in [4.69, 9.17) is 0 Å². The lowest BCUT2D eigenvalue weighted by molar-refractivity contribution is -0.385. The van der Waals surface area contributed by atoms with E-state index in [1.54, 1.807) is 0 Å². The minimum atomic E-state index is -4.88. The smallest absolute Gasteiger partial charge is 0.306 e. The van der Waals surface area contributed by atoms with Crippen LogP contribution < -0.4 is 0 Å². The number of halogens is 3. The lowest BCUT2D eigenvalue weighted by Gasteiger charge is -2.27. The molecule has 1 aromatic rings. The predicted molar refractivity (Wildman–Crippen MR) is 83.6 cm³/mol. The minimum absolute atomic E-state index is 0.150. The highest BCUT2D eigenvalue weighted by atomic mass is 32.2. The maximum atomic E-state index is 13.0. The molecule has 140 valence electrons. The van der Waals surface area contributed by atoms with Crippen molar-refractivity contribution >= 4 is 15.7 Å². The standard InChI is InChI=1S/C14H18F3N3O4S/c1-18-4-2-6-19(7-3-5-18)25(23,24)13-9-11(14(15,16)17)8-12(10-13)20(21)22/h8-10H,2-7H2,1H3. The monoisotopic (exact) mass is 381 g/mol. The highest BCUT2D eigenvalue weighted by molar-refractivity contribution is 7.89. The van der Waals surface area contributed by atoms with Crippen LogP contribution in [-0.4, -0.2) is 55.8 Å². The SMILES string of the molecule is CN1CCCN(S(=O)(=O)c2cc([N+](=O)[O-])cc(C(F)(F)F)c2)CCC1. The van der Waals surface area contributed by atoms with Crippen LogP contribution in [0, 0.1) is 10.1 Å². The van der Waals surface area contributed by atoms with Crippen molar-refractivity contribution in [2.75, 3.05) is 33.2 Å². The molecular weight excluding hydrogens is 363 g/mol. The van der Waals surface area contributed by atoms with Crippen LogP contribution >= 0.6 is 0 Å². The van der Waals surface area contributed by atoms with Gasteiger partial charge in [-0.3, -0.25) is 10.1 Å². The molecule has 7 nitrogen and oxygen atoms in total. The van der Waals surface area contributed by atoms with Gasteiger partial charge in [0.1, 0.15) is 0 Å². The maximum absolute atomic E-state index is 13.0. The van der Waals surface area contributed by atoms with Gasteiger partial charge in [-0.15, -0.1) is 0 Å². The quantitative estimate of drug-likeness (QED) is 0.593. The Balaban J connectivity index is 2.44. The number of nitrogens with zero attached hydrogens (tertiary/aromatic N) is 3. The molecule has 0 atom stereocenters. The summed E-state index contributed by atoms with van der Waals surface area (Å²) in [5, 5.41) is 10.9. The van der Waals surface area contributed by atoms with Gasteiger partial charge in [-0.05, 0) is 39.0 Å². The summed E-state index contributed by atoms with van der Waals surface area (Å²) >= 11 is 0. The summed E-state index contributed by atoms with van der Waals surface area (Å²) in [6.45, 7) is 1.62. The van der Waals surface area contributed by atoms with Crippen LogP contribution in [0.1, 0.15) is 18.4 Å². The lowest BCUT2D eigenvalue weighted by atomic mass is 10.2. The molecule has 1 aliphatic heterocycles. The molecule has 0 aromatic heterocycles. The van der Waals surface area contributed by atoms with Gasteiger partial charge in [-0.2, -0.15) is 17.5 Å². The molecule has 0 N–H and O–H groups in total. The van der Waals surface area contributed by atoms with Gasteiger partial charge in [0, 0.05) is 25.2 Å². The topological polar surface area (TPSA) is 83.8 Å². The summed E-state index contributed by atoms with van der Waals surface area (Å²) in [7, 11) is -2.34. The molecule has 0 bridgehead atoms. The fourth-order valence-electron chi connectivity index (χ4n) is 2.65. The van der Waals surface area contributed by atoms with E-state index in [1.807, 2.05) is 11.9 Å². The van der Waals surface area contributed by atoms with E-state index in [-0.39, 0.29) is 13.1 Å². The fraction of sp³-hybridized carbons (Fsp3) is 0.571. The third-order valence-electron chi connectivity index (χ3n) is 3.96. The minimum Gasteiger partial charge on any atom is -0.306 e. The van der Waals surface area contributed by atoms with Crippen molar-refractivity contribution in [1.82, 2.24) is 9.21 Å². The highest BCUT2D eigenvalue weighted by Gasteiger charge is 2.35. The summed E-state index contributed by atoms with van der Waals surface area (Å²) < 4.78 is 65.4. The van der Waals surface area contributed by atoms with Crippen molar-refractivity contribution in [3.8, 4) is 0 Å². The summed E-state index contributed by atoms with van der Waals surface area (Å²) in [5.41, 5.74) is -2.26. The van der Waals surface area contributed by atoms with Gasteiger partial charge >= 0.3 is 6.18 Å². The number of benzene rings is 1. The maximum Gasteiger partial charge on any atom is 0.416 e. The molecule has 1 aromatic carbocycles. The average molecular weight is 381 g/mol. The van der Waals surface area contributed by atoms with Gasteiger partial charge in [0.15, 0.2) is 0 Å². The van der Waals surface area contributed by atoms with Gasteiger partial charge in [0.25, 0.3) is 5.69 Å². The molecule has 0 radical (unpaired) electrons. The van der Waals surface area contributed by atoms with E-state index >= 15 is 0 Å². The zero-order valence-corrected chi connectivity index (χ0v) is 14.3. The number of nitro benzene ring substituents is 1. The van der Waals surface area contributed by atoms with Crippen molar-refractivity contribution in [1.29, 1.82) is 0 Å². The van der Waals surface area contributed by atoms with E-state index in [0.717, 1.165) is 4.31 Å². The Bertz CT molecular complexity index is 742. The first-order valence-corrected chi connectivity index (χ1v) is 9.01. The van der Waals surface area contributed by atoms with Crippen LogP contribution in [0.2, 0.25) is 0 Å². The van der Waals surface area contributed by atoms with Crippen LogP contribution in [0.25, 0.3) is 0 Å². The van der Waals surface area contributed by atoms with Crippen molar-refractivity contribution in [2.45, 2.75) is 23.9 Å². The van der Waals surface area contributed by atoms with Gasteiger partial charge < -0.3 is 4.90 Å². The first kappa shape index (κ1) is 19.6. The molecule has 1 saturated heterocycles. The Labute approximate surface area is 143 Å². The van der Waals surface area contributed by atoms with E-state index in [1.165, 1.54) is 0 Å². The van der Waals surface area contributed by atoms with Crippen LogP contribution in [0.3, 0.4) is 0 Å². The van der Waals surface area contributed by atoms with Crippen LogP contribution in [-0.2, 0) is 16.2 Å². The Morgan fingerprint density at radius 3 is 2.12 bits per heavy atom. The molecule has 0 unspecified atom stereocenters. The second kappa shape index (κ2) is 7.26. The first-order valence-electron chi connectivity index (χ1n) is 7.57. The summed E-state index contributed by atoms with van der Waals surface area (Å²) in [4.78, 5) is 11.2. The average Bonchev–Trinajstić information content (AvgIpc) is 2.49. The number of nitro groups is 1. The molecule has 0 amide bonds. The van der Waals surface area contributed by atoms with E-state index in [0.29, 0.717) is 44.1 Å². The number of sulfonamides is 1. The second-order valence-corrected chi connectivity index (χ2v) is 7.82. The van der Waals surface area contributed by atoms with Crippen molar-refractivity contribution < 1.29 is 26.5 Å². The third kappa shape index (κ3) is 4.67. The predicted octanol–water partition coefficient (Wildman–Crippen LogP) is 2.33. The second-order valence-electron chi connectivity index (χ2n) is 5.88. The zero-order chi connectivity index (χ0) is 18.8. The zero-order valence-electron chi connectivity index (χ0n) is 13.5. The van der Waals surface area contributed by atoms with E-state index in [9.17, 15) is 31.7 Å². The fourth-order valence-corrected chi connectivity index (χ4v) is 4.23. The number of hydrogen-bond acceptors (Lipinski definition) is 5. The largest absolute Gasteiger partial charge is 0.416 e. The third-order valence-corrected chi connectivity index (χ3v) is 5.84. The molecule has 0 aliphatic carbocycles. The van der Waals surface area contributed by atoms with Gasteiger partial charge in [0.2, 0.25) is 10.0 Å². The van der Waals surface area contributed by atoms with Crippen molar-refractivity contribution in [2.24, 2.45) is 0 Å². The lowest BCUT2D eigenvalue weighted by Crippen LogP contribution is -2.38. The van der Waals surface area contributed by atoms with Crippen LogP contribution in [0.5, 0.6) is 0 Å². The number of hydrogen-bond donors (Lipinski definition) is 0. The number of alkyl halides is 3. The number of non-ortho nitro benzene ring substituents is 1. The van der Waals surface area contributed by atoms with E-state index in [2.05, 4.69) is 0 Å². The first-order chi connectivity index (χ1) is 11.5. The molecule has 1 heterocycles. The van der Waals surface area contributed by atoms with Gasteiger partial charge in [-0.25, -0.2) is 8.42 Å². The molecule has 0 saturated carbocycles. The summed E-state index contributed by atoms with van der Waals surface area (Å²) in [6, 6.07) is 1.46. The Hall–Kier alpha value is -1.72. The molecule has 11 heteroatoms. The van der Waals surface area contributed by atoms with Gasteiger partial charge in [0.05, 0.1) is 15.4 Å². The summed E-state index contributed by atoms with van der Waals surface area (Å²) in [6.07, 6.45) is -3.83. The molecule has 1 fully saturated rings. The van der Waals surface area contributed by atoms with Gasteiger partial charge in [-0.1, -0.05) is 0 Å². The Morgan fingerprint density at radius 2 is 1.64 bits per heavy atom.